The Morgan fingerprint density at radius 3 is 1.24 bits per heavy atom. The number of rotatable bonds is 5. The maximum atomic E-state index is 13.1. The summed E-state index contributed by atoms with van der Waals surface area (Å²) in [6.07, 6.45) is -13.0. The Kier molecular flexibility index (Phi) is 5.36. The minimum Gasteiger partial charge on any atom is -0.234 e. The van der Waals surface area contributed by atoms with E-state index in [4.69, 9.17) is 0 Å². The van der Waals surface area contributed by atoms with Crippen molar-refractivity contribution in [3.63, 3.8) is 0 Å². The monoisotopic (exact) mass is 384 g/mol. The zero-order chi connectivity index (χ0) is 17.7. The van der Waals surface area contributed by atoms with Crippen molar-refractivity contribution in [1.29, 1.82) is 0 Å². The number of halogens is 14. The number of hydrogen-bond acceptors (Lipinski definition) is 0. The second kappa shape index (κ2) is 5.43. The average Bonchev–Trinajstić information content (AvgIpc) is 2.23. The van der Waals surface area contributed by atoms with E-state index in [-0.39, 0.29) is 0 Å². The second-order valence-electron chi connectivity index (χ2n) is 3.61. The Bertz CT molecular complexity index is 355. The SMILES string of the molecule is FC(Cl)C(F)(F)C(F)C(F)(F)C(F)(C(F)(F)F)C(F)(F)Cl. The van der Waals surface area contributed by atoms with Crippen LogP contribution in [-0.2, 0) is 0 Å². The normalized spacial score (nSPS) is 20.9. The number of hydrogen-bond donors (Lipinski definition) is 0. The Morgan fingerprint density at radius 1 is 0.714 bits per heavy atom. The summed E-state index contributed by atoms with van der Waals surface area (Å²) < 4.78 is 150. The molecule has 0 heterocycles. The molecule has 0 nitrogen and oxygen atoms in total. The Balaban J connectivity index is 6.17. The molecule has 0 aliphatic heterocycles. The molecule has 0 saturated carbocycles. The quantitative estimate of drug-likeness (QED) is 0.449. The molecule has 0 aliphatic rings. The molecule has 14 heteroatoms. The van der Waals surface area contributed by atoms with Crippen molar-refractivity contribution in [3.8, 4) is 0 Å². The van der Waals surface area contributed by atoms with E-state index in [1.54, 1.807) is 0 Å². The fourth-order valence-electron chi connectivity index (χ4n) is 1.07. The van der Waals surface area contributed by atoms with Gasteiger partial charge in [-0.3, -0.25) is 0 Å². The van der Waals surface area contributed by atoms with Crippen LogP contribution in [-0.4, -0.2) is 40.9 Å². The van der Waals surface area contributed by atoms with Gasteiger partial charge in [-0.2, -0.15) is 39.5 Å². The van der Waals surface area contributed by atoms with E-state index in [9.17, 15) is 52.7 Å². The third-order valence-corrected chi connectivity index (χ3v) is 2.74. The van der Waals surface area contributed by atoms with Gasteiger partial charge in [-0.25, -0.2) is 13.2 Å². The summed E-state index contributed by atoms with van der Waals surface area (Å²) in [5.74, 6) is -13.3. The molecule has 0 bridgehead atoms. The van der Waals surface area contributed by atoms with Gasteiger partial charge in [0.25, 0.3) is 0 Å². The van der Waals surface area contributed by atoms with Crippen molar-refractivity contribution in [1.82, 2.24) is 0 Å². The molecule has 0 aromatic rings. The van der Waals surface area contributed by atoms with Crippen LogP contribution < -0.4 is 0 Å². The van der Waals surface area contributed by atoms with Crippen LogP contribution in [0.2, 0.25) is 0 Å². The zero-order valence-corrected chi connectivity index (χ0v) is 10.5. The molecule has 0 aromatic carbocycles. The van der Waals surface area contributed by atoms with Gasteiger partial charge in [-0.05, 0) is 11.6 Å². The molecule has 0 radical (unpaired) electrons. The van der Waals surface area contributed by atoms with Gasteiger partial charge in [0.05, 0.1) is 0 Å². The first-order valence-corrected chi connectivity index (χ1v) is 5.16. The molecule has 0 amide bonds. The van der Waals surface area contributed by atoms with E-state index in [1.807, 2.05) is 0 Å². The first-order valence-electron chi connectivity index (χ1n) is 4.35. The van der Waals surface area contributed by atoms with Gasteiger partial charge >= 0.3 is 29.1 Å². The summed E-state index contributed by atoms with van der Waals surface area (Å²) in [5, 5.41) is -6.55. The van der Waals surface area contributed by atoms with Crippen molar-refractivity contribution in [2.24, 2.45) is 0 Å². The van der Waals surface area contributed by atoms with Crippen LogP contribution in [0.4, 0.5) is 52.7 Å². The lowest BCUT2D eigenvalue weighted by molar-refractivity contribution is -0.370. The van der Waals surface area contributed by atoms with Gasteiger partial charge in [0, 0.05) is 0 Å². The van der Waals surface area contributed by atoms with Gasteiger partial charge in [-0.1, -0.05) is 11.6 Å². The fourth-order valence-corrected chi connectivity index (χ4v) is 1.41. The van der Waals surface area contributed by atoms with Crippen molar-refractivity contribution < 1.29 is 52.7 Å². The maximum absolute atomic E-state index is 13.1. The van der Waals surface area contributed by atoms with Crippen molar-refractivity contribution in [2.45, 2.75) is 40.9 Å². The minimum absolute atomic E-state index is 3.54. The van der Waals surface area contributed by atoms with Crippen LogP contribution >= 0.6 is 23.2 Å². The predicted molar refractivity (Wildman–Crippen MR) is 46.2 cm³/mol. The van der Waals surface area contributed by atoms with Gasteiger partial charge in [0.2, 0.25) is 11.8 Å². The molecule has 3 atom stereocenters. The highest BCUT2D eigenvalue weighted by molar-refractivity contribution is 6.22. The van der Waals surface area contributed by atoms with Crippen LogP contribution in [0, 0.1) is 0 Å². The summed E-state index contributed by atoms with van der Waals surface area (Å²) >= 11 is 7.47. The van der Waals surface area contributed by atoms with Crippen LogP contribution in [0.5, 0.6) is 0 Å². The largest absolute Gasteiger partial charge is 0.436 e. The van der Waals surface area contributed by atoms with Crippen molar-refractivity contribution in [2.75, 3.05) is 0 Å². The van der Waals surface area contributed by atoms with Crippen LogP contribution in [0.3, 0.4) is 0 Å². The second-order valence-corrected chi connectivity index (χ2v) is 4.47. The standard InChI is InChI=1S/C7H2Cl2F12/c8-2(11)3(12,13)1(10)4(14,15)5(16,6(9,17)18)7(19,20)21/h1-2H. The molecule has 0 rings (SSSR count). The highest BCUT2D eigenvalue weighted by atomic mass is 35.5. The van der Waals surface area contributed by atoms with E-state index < -0.39 is 40.9 Å². The Labute approximate surface area is 118 Å². The highest BCUT2D eigenvalue weighted by Gasteiger charge is 2.87. The summed E-state index contributed by atoms with van der Waals surface area (Å²) in [6, 6.07) is 0. The lowest BCUT2D eigenvalue weighted by Gasteiger charge is -2.40. The van der Waals surface area contributed by atoms with E-state index in [1.165, 1.54) is 0 Å². The number of alkyl halides is 14. The van der Waals surface area contributed by atoms with Gasteiger partial charge in [-0.15, -0.1) is 0 Å². The Hall–Kier alpha value is -0.260. The van der Waals surface area contributed by atoms with E-state index in [0.717, 1.165) is 0 Å². The van der Waals surface area contributed by atoms with E-state index in [2.05, 4.69) is 23.2 Å². The van der Waals surface area contributed by atoms with Crippen LogP contribution in [0.1, 0.15) is 0 Å². The molecule has 0 aromatic heterocycles. The summed E-state index contributed by atoms with van der Waals surface area (Å²) in [4.78, 5) is 0. The van der Waals surface area contributed by atoms with Gasteiger partial charge in [0.15, 0.2) is 0 Å². The van der Waals surface area contributed by atoms with Crippen molar-refractivity contribution >= 4 is 23.2 Å². The molecule has 0 aliphatic carbocycles. The summed E-state index contributed by atoms with van der Waals surface area (Å²) in [5.41, 5.74) is -11.6. The topological polar surface area (TPSA) is 0 Å². The molecule has 128 valence electrons. The average molecular weight is 385 g/mol. The highest BCUT2D eigenvalue weighted by Crippen LogP contribution is 2.59. The summed E-state index contributed by atoms with van der Waals surface area (Å²) in [7, 11) is 0. The van der Waals surface area contributed by atoms with Crippen LogP contribution in [0.15, 0.2) is 0 Å². The smallest absolute Gasteiger partial charge is 0.234 e. The zero-order valence-electron chi connectivity index (χ0n) is 8.95. The molecule has 0 fully saturated rings. The Morgan fingerprint density at radius 2 is 1.05 bits per heavy atom. The third-order valence-electron chi connectivity index (χ3n) is 2.19. The molecule has 0 spiro atoms. The predicted octanol–water partition coefficient (Wildman–Crippen LogP) is 5.23. The maximum Gasteiger partial charge on any atom is 0.436 e. The summed E-state index contributed by atoms with van der Waals surface area (Å²) in [6.45, 7) is 0. The van der Waals surface area contributed by atoms with Gasteiger partial charge in [0.1, 0.15) is 0 Å². The fraction of sp³-hybridized carbons (Fsp3) is 1.00. The first-order chi connectivity index (χ1) is 8.85. The third kappa shape index (κ3) is 3.10. The van der Waals surface area contributed by atoms with Crippen LogP contribution in [0.25, 0.3) is 0 Å². The lowest BCUT2D eigenvalue weighted by atomic mass is 9.90. The van der Waals surface area contributed by atoms with E-state index in [0.29, 0.717) is 0 Å². The van der Waals surface area contributed by atoms with Gasteiger partial charge < -0.3 is 0 Å². The van der Waals surface area contributed by atoms with E-state index >= 15 is 0 Å². The molecule has 0 saturated heterocycles. The molecule has 0 N–H and O–H groups in total. The molecular weight excluding hydrogens is 383 g/mol. The molecule has 3 unspecified atom stereocenters. The minimum atomic E-state index is -7.28. The van der Waals surface area contributed by atoms with Crippen molar-refractivity contribution in [3.05, 3.63) is 0 Å². The molecular formula is C7H2Cl2F12. The lowest BCUT2D eigenvalue weighted by Crippen LogP contribution is -2.70. The molecule has 21 heavy (non-hydrogen) atoms. The first kappa shape index (κ1) is 20.7.